The number of aliphatic hydroxyl groups excluding tert-OH is 1. The summed E-state index contributed by atoms with van der Waals surface area (Å²) in [5.41, 5.74) is 3.08. The number of carboxylic acid groups (broad SMARTS) is 1. The number of anilines is 2. The van der Waals surface area contributed by atoms with Crippen LogP contribution in [0.5, 0.6) is 5.75 Å². The molecule has 0 aromatic heterocycles. The van der Waals surface area contributed by atoms with Gasteiger partial charge in [-0.25, -0.2) is 9.18 Å². The van der Waals surface area contributed by atoms with Crippen molar-refractivity contribution < 1.29 is 38.5 Å². The van der Waals surface area contributed by atoms with E-state index in [0.717, 1.165) is 22.8 Å². The number of aliphatic carboxylic acids is 1. The number of aryl methyl sites for hydroxylation is 1. The molecule has 0 saturated carbocycles. The van der Waals surface area contributed by atoms with Crippen molar-refractivity contribution in [3.8, 4) is 5.75 Å². The second-order valence-electron chi connectivity index (χ2n) is 11.3. The first kappa shape index (κ1) is 31.9. The molecule has 0 bridgehead atoms. The van der Waals surface area contributed by atoms with Crippen molar-refractivity contribution in [2.24, 2.45) is 5.41 Å². The fourth-order valence-corrected chi connectivity index (χ4v) is 5.03. The smallest absolute Gasteiger partial charge is 0.341 e. The number of rotatable bonds is 10. The highest BCUT2D eigenvalue weighted by Gasteiger charge is 2.40. The molecule has 3 aromatic carbocycles. The second kappa shape index (κ2) is 13.1. The average Bonchev–Trinajstić information content (AvgIpc) is 3.05. The van der Waals surface area contributed by atoms with Gasteiger partial charge in [0.2, 0.25) is 5.91 Å². The van der Waals surface area contributed by atoms with Crippen LogP contribution in [0.25, 0.3) is 0 Å². The minimum Gasteiger partial charge on any atom is -0.482 e. The Balaban J connectivity index is 1.70. The van der Waals surface area contributed by atoms with Gasteiger partial charge < -0.3 is 29.9 Å². The van der Waals surface area contributed by atoms with E-state index in [1.807, 2.05) is 45.9 Å². The molecule has 1 aliphatic rings. The molecular formula is C32H34ClFN2O7. The zero-order chi connectivity index (χ0) is 31.5. The van der Waals surface area contributed by atoms with Crippen molar-refractivity contribution >= 4 is 40.8 Å². The molecule has 4 rings (SSSR count). The first-order chi connectivity index (χ1) is 20.3. The van der Waals surface area contributed by atoms with Gasteiger partial charge in [0.1, 0.15) is 23.8 Å². The highest BCUT2D eigenvalue weighted by atomic mass is 35.5. The molecule has 0 aliphatic carbocycles. The number of carboxylic acids is 1. The van der Waals surface area contributed by atoms with Crippen molar-refractivity contribution in [1.29, 1.82) is 0 Å². The third kappa shape index (κ3) is 7.51. The molecule has 2 atom stereocenters. The Hall–Kier alpha value is -3.99. The molecular weight excluding hydrogens is 579 g/mol. The van der Waals surface area contributed by atoms with Gasteiger partial charge in [0.05, 0.1) is 12.1 Å². The third-order valence-electron chi connectivity index (χ3n) is 7.30. The van der Waals surface area contributed by atoms with Crippen LogP contribution in [0, 0.1) is 25.1 Å². The molecule has 0 spiro atoms. The molecule has 0 saturated heterocycles. The lowest BCUT2D eigenvalue weighted by Crippen LogP contribution is -2.46. The maximum absolute atomic E-state index is 14.7. The number of halogens is 2. The summed E-state index contributed by atoms with van der Waals surface area (Å²) in [5, 5.41) is 21.7. The van der Waals surface area contributed by atoms with Gasteiger partial charge >= 0.3 is 5.97 Å². The summed E-state index contributed by atoms with van der Waals surface area (Å²) in [7, 11) is 0. The van der Waals surface area contributed by atoms with Gasteiger partial charge in [-0.15, -0.1) is 0 Å². The third-order valence-corrected chi connectivity index (χ3v) is 7.53. The van der Waals surface area contributed by atoms with Crippen LogP contribution in [0.15, 0.2) is 54.6 Å². The van der Waals surface area contributed by atoms with Crippen molar-refractivity contribution in [1.82, 2.24) is 0 Å². The van der Waals surface area contributed by atoms with Gasteiger partial charge in [-0.05, 0) is 60.9 Å². The predicted octanol–water partition coefficient (Wildman–Crippen LogP) is 5.43. The fraction of sp³-hybridized carbons (Fsp3) is 0.344. The molecule has 3 N–H and O–H groups in total. The van der Waals surface area contributed by atoms with E-state index in [1.54, 1.807) is 18.2 Å². The Kier molecular flexibility index (Phi) is 9.74. The largest absolute Gasteiger partial charge is 0.482 e. The van der Waals surface area contributed by atoms with E-state index in [2.05, 4.69) is 5.32 Å². The molecule has 0 unspecified atom stereocenters. The topological polar surface area (TPSA) is 125 Å². The number of hydrogen-bond acceptors (Lipinski definition) is 6. The number of hydrogen-bond donors (Lipinski definition) is 3. The van der Waals surface area contributed by atoms with Gasteiger partial charge in [-0.3, -0.25) is 9.59 Å². The Morgan fingerprint density at radius 1 is 1.12 bits per heavy atom. The van der Waals surface area contributed by atoms with Crippen LogP contribution in [0.2, 0.25) is 5.02 Å². The van der Waals surface area contributed by atoms with E-state index in [-0.39, 0.29) is 24.6 Å². The SMILES string of the molecule is Cc1cccc([C@H]2O[C@H](CC(=O)Nc3ccc(OCC(=O)O)cc3F)C(=O)N(CC(C)(C)CO)c3ccc(Cl)cc32)c1C. The monoisotopic (exact) mass is 612 g/mol. The lowest BCUT2D eigenvalue weighted by Gasteiger charge is -2.32. The minimum atomic E-state index is -1.27. The number of benzene rings is 3. The molecule has 43 heavy (non-hydrogen) atoms. The quantitative estimate of drug-likeness (QED) is 0.279. The number of nitrogens with one attached hydrogen (secondary N) is 1. The van der Waals surface area contributed by atoms with E-state index < -0.39 is 54.3 Å². The molecule has 1 aliphatic heterocycles. The Morgan fingerprint density at radius 2 is 1.86 bits per heavy atom. The van der Waals surface area contributed by atoms with E-state index in [0.29, 0.717) is 16.3 Å². The van der Waals surface area contributed by atoms with Gasteiger partial charge in [-0.2, -0.15) is 0 Å². The number of fused-ring (bicyclic) bond motifs is 1. The Labute approximate surface area is 254 Å². The van der Waals surface area contributed by atoms with E-state index in [9.17, 15) is 23.9 Å². The van der Waals surface area contributed by atoms with Gasteiger partial charge in [0.25, 0.3) is 5.91 Å². The van der Waals surface area contributed by atoms with E-state index >= 15 is 0 Å². The molecule has 11 heteroatoms. The molecule has 228 valence electrons. The molecule has 3 aromatic rings. The lowest BCUT2D eigenvalue weighted by atomic mass is 9.91. The maximum Gasteiger partial charge on any atom is 0.341 e. The van der Waals surface area contributed by atoms with Crippen molar-refractivity contribution in [2.75, 3.05) is 30.0 Å². The minimum absolute atomic E-state index is 0.0184. The molecule has 9 nitrogen and oxygen atoms in total. The summed E-state index contributed by atoms with van der Waals surface area (Å²) in [5.74, 6) is -3.25. The van der Waals surface area contributed by atoms with Crippen LogP contribution in [-0.2, 0) is 19.1 Å². The van der Waals surface area contributed by atoms with Crippen LogP contribution in [-0.4, -0.2) is 53.9 Å². The first-order valence-corrected chi connectivity index (χ1v) is 14.0. The summed E-state index contributed by atoms with van der Waals surface area (Å²) >= 11 is 6.43. The number of carbonyl (C=O) groups is 3. The number of nitrogens with zero attached hydrogens (tertiary/aromatic N) is 1. The molecule has 0 fully saturated rings. The fourth-order valence-electron chi connectivity index (χ4n) is 4.85. The second-order valence-corrected chi connectivity index (χ2v) is 11.8. The average molecular weight is 613 g/mol. The standard InChI is InChI=1S/C32H34ClFN2O7/c1-18-6-5-7-22(19(18)2)30-23-12-20(33)8-11-26(23)36(16-32(3,4)17-37)31(41)27(43-30)14-28(38)35-25-10-9-21(13-24(25)34)42-15-29(39)40/h5-13,27,30,37H,14-17H2,1-4H3,(H,35,38)(H,39,40)/t27-,30-/m1/s1. The summed E-state index contributed by atoms with van der Waals surface area (Å²) in [6.45, 7) is 6.84. The van der Waals surface area contributed by atoms with Gasteiger partial charge in [0, 0.05) is 40.9 Å². The van der Waals surface area contributed by atoms with Crippen molar-refractivity contribution in [3.63, 3.8) is 0 Å². The summed E-state index contributed by atoms with van der Waals surface area (Å²) in [4.78, 5) is 39.6. The van der Waals surface area contributed by atoms with Crippen LogP contribution < -0.4 is 15.0 Å². The number of carbonyl (C=O) groups excluding carboxylic acids is 2. The summed E-state index contributed by atoms with van der Waals surface area (Å²) in [6, 6.07) is 14.4. The summed E-state index contributed by atoms with van der Waals surface area (Å²) in [6.07, 6.45) is -2.47. The normalized spacial score (nSPS) is 16.8. The number of aliphatic hydroxyl groups is 1. The van der Waals surface area contributed by atoms with E-state index in [4.69, 9.17) is 26.2 Å². The van der Waals surface area contributed by atoms with Crippen LogP contribution in [0.4, 0.5) is 15.8 Å². The van der Waals surface area contributed by atoms with Gasteiger partial charge in [-0.1, -0.05) is 43.6 Å². The van der Waals surface area contributed by atoms with Crippen LogP contribution >= 0.6 is 11.6 Å². The highest BCUT2D eigenvalue weighted by molar-refractivity contribution is 6.30. The first-order valence-electron chi connectivity index (χ1n) is 13.7. The summed E-state index contributed by atoms with van der Waals surface area (Å²) < 4.78 is 26.2. The van der Waals surface area contributed by atoms with Gasteiger partial charge in [0.15, 0.2) is 6.61 Å². The van der Waals surface area contributed by atoms with Crippen molar-refractivity contribution in [3.05, 3.63) is 87.7 Å². The molecule has 2 amide bonds. The van der Waals surface area contributed by atoms with Crippen LogP contribution in [0.3, 0.4) is 0 Å². The van der Waals surface area contributed by atoms with E-state index in [1.165, 1.54) is 17.0 Å². The maximum atomic E-state index is 14.7. The predicted molar refractivity (Wildman–Crippen MR) is 160 cm³/mol. The number of ether oxygens (including phenoxy) is 2. The lowest BCUT2D eigenvalue weighted by molar-refractivity contribution is -0.139. The Morgan fingerprint density at radius 3 is 2.53 bits per heavy atom. The highest BCUT2D eigenvalue weighted by Crippen LogP contribution is 2.42. The Bertz CT molecular complexity index is 1540. The zero-order valence-electron chi connectivity index (χ0n) is 24.3. The van der Waals surface area contributed by atoms with Crippen LogP contribution in [0.1, 0.15) is 48.6 Å². The molecule has 0 radical (unpaired) electrons. The number of amides is 2. The molecule has 1 heterocycles. The zero-order valence-corrected chi connectivity index (χ0v) is 25.1. The van der Waals surface area contributed by atoms with Crippen molar-refractivity contribution in [2.45, 2.75) is 46.3 Å².